The van der Waals surface area contributed by atoms with Gasteiger partial charge in [0.15, 0.2) is 6.61 Å². The maximum Gasteiger partial charge on any atom is 0.261 e. The van der Waals surface area contributed by atoms with Gasteiger partial charge in [-0.25, -0.2) is 0 Å². The largest absolute Gasteiger partial charge is 0.484 e. The molecule has 7 heteroatoms. The summed E-state index contributed by atoms with van der Waals surface area (Å²) in [5.74, 6) is 0.0290. The minimum atomic E-state index is -0.646. The molecule has 2 rings (SSSR count). The summed E-state index contributed by atoms with van der Waals surface area (Å²) in [5, 5.41) is 3.99. The van der Waals surface area contributed by atoms with Crippen LogP contribution in [-0.4, -0.2) is 35.9 Å². The Morgan fingerprint density at radius 1 is 1.11 bits per heavy atom. The van der Waals surface area contributed by atoms with Crippen LogP contribution in [0.2, 0.25) is 10.0 Å². The fourth-order valence-electron chi connectivity index (χ4n) is 2.57. The number of amides is 2. The number of nitrogens with one attached hydrogen (secondary N) is 1. The van der Waals surface area contributed by atoms with Gasteiger partial charge in [0.25, 0.3) is 5.91 Å². The second-order valence-electron chi connectivity index (χ2n) is 6.36. The van der Waals surface area contributed by atoms with Crippen molar-refractivity contribution in [1.29, 1.82) is 0 Å². The number of rotatable bonds is 9. The monoisotopic (exact) mass is 422 g/mol. The van der Waals surface area contributed by atoms with E-state index >= 15 is 0 Å². The zero-order valence-corrected chi connectivity index (χ0v) is 17.5. The summed E-state index contributed by atoms with van der Waals surface area (Å²) in [4.78, 5) is 26.8. The number of nitrogens with zero attached hydrogens (tertiary/aromatic N) is 1. The van der Waals surface area contributed by atoms with E-state index in [9.17, 15) is 9.59 Å². The lowest BCUT2D eigenvalue weighted by atomic mass is 10.1. The van der Waals surface area contributed by atoms with Crippen molar-refractivity contribution >= 4 is 35.0 Å². The molecule has 2 aromatic rings. The van der Waals surface area contributed by atoms with Crippen molar-refractivity contribution in [2.45, 2.75) is 32.9 Å². The second kappa shape index (κ2) is 10.9. The predicted octanol–water partition coefficient (Wildman–Crippen LogP) is 4.32. The van der Waals surface area contributed by atoms with E-state index in [0.29, 0.717) is 22.3 Å². The molecule has 0 fully saturated rings. The smallest absolute Gasteiger partial charge is 0.261 e. The molecular formula is C21H24Cl2N2O3. The second-order valence-corrected chi connectivity index (χ2v) is 7.23. The Morgan fingerprint density at radius 2 is 1.82 bits per heavy atom. The van der Waals surface area contributed by atoms with Crippen molar-refractivity contribution in [2.75, 3.05) is 13.2 Å². The SMILES string of the molecule is CCCNC(=O)[C@@H](C)N(Cc1cccc(Cl)c1)C(=O)COc1ccc(Cl)cc1. The van der Waals surface area contributed by atoms with Crippen LogP contribution >= 0.6 is 23.2 Å². The zero-order chi connectivity index (χ0) is 20.5. The first-order valence-electron chi connectivity index (χ1n) is 9.10. The van der Waals surface area contributed by atoms with Crippen LogP contribution in [0.25, 0.3) is 0 Å². The van der Waals surface area contributed by atoms with E-state index < -0.39 is 6.04 Å². The highest BCUT2D eigenvalue weighted by atomic mass is 35.5. The molecule has 0 saturated carbocycles. The van der Waals surface area contributed by atoms with Crippen molar-refractivity contribution in [3.8, 4) is 5.75 Å². The Morgan fingerprint density at radius 3 is 2.46 bits per heavy atom. The molecule has 5 nitrogen and oxygen atoms in total. The zero-order valence-electron chi connectivity index (χ0n) is 16.0. The summed E-state index contributed by atoms with van der Waals surface area (Å²) in [6.45, 7) is 4.30. The van der Waals surface area contributed by atoms with Crippen LogP contribution in [0.15, 0.2) is 48.5 Å². The highest BCUT2D eigenvalue weighted by Gasteiger charge is 2.26. The molecule has 1 atom stereocenters. The van der Waals surface area contributed by atoms with E-state index in [0.717, 1.165) is 12.0 Å². The average Bonchev–Trinajstić information content (AvgIpc) is 2.69. The standard InChI is InChI=1S/C21H24Cl2N2O3/c1-3-11-24-21(27)15(2)25(13-16-5-4-6-18(23)12-16)20(26)14-28-19-9-7-17(22)8-10-19/h4-10,12,15H,3,11,13-14H2,1-2H3,(H,24,27)/t15-/m1/s1. The molecule has 0 aromatic heterocycles. The first-order valence-corrected chi connectivity index (χ1v) is 9.86. The van der Waals surface area contributed by atoms with Crippen molar-refractivity contribution in [1.82, 2.24) is 10.2 Å². The van der Waals surface area contributed by atoms with Gasteiger partial charge in [-0.05, 0) is 55.3 Å². The number of hydrogen-bond acceptors (Lipinski definition) is 3. The molecule has 0 saturated heterocycles. The molecule has 0 aliphatic carbocycles. The third-order valence-corrected chi connectivity index (χ3v) is 4.62. The average molecular weight is 423 g/mol. The summed E-state index contributed by atoms with van der Waals surface area (Å²) >= 11 is 11.9. The topological polar surface area (TPSA) is 58.6 Å². The number of hydrogen-bond donors (Lipinski definition) is 1. The fraction of sp³-hybridized carbons (Fsp3) is 0.333. The van der Waals surface area contributed by atoms with E-state index in [4.69, 9.17) is 27.9 Å². The first-order chi connectivity index (χ1) is 13.4. The van der Waals surface area contributed by atoms with Gasteiger partial charge in [-0.3, -0.25) is 9.59 Å². The molecule has 0 aliphatic rings. The fourth-order valence-corrected chi connectivity index (χ4v) is 2.91. The van der Waals surface area contributed by atoms with E-state index in [1.807, 2.05) is 19.1 Å². The molecule has 0 radical (unpaired) electrons. The van der Waals surface area contributed by atoms with Crippen LogP contribution in [0.1, 0.15) is 25.8 Å². The first kappa shape index (κ1) is 22.1. The summed E-state index contributed by atoms with van der Waals surface area (Å²) in [6, 6.07) is 13.3. The van der Waals surface area contributed by atoms with Crippen LogP contribution in [0.4, 0.5) is 0 Å². The maximum absolute atomic E-state index is 12.9. The molecule has 0 heterocycles. The van der Waals surface area contributed by atoms with Gasteiger partial charge in [-0.1, -0.05) is 42.3 Å². The molecule has 28 heavy (non-hydrogen) atoms. The molecule has 2 amide bonds. The van der Waals surface area contributed by atoms with Gasteiger partial charge >= 0.3 is 0 Å². The molecular weight excluding hydrogens is 399 g/mol. The van der Waals surface area contributed by atoms with Gasteiger partial charge in [0.2, 0.25) is 5.91 Å². The quantitative estimate of drug-likeness (QED) is 0.654. The van der Waals surface area contributed by atoms with Gasteiger partial charge < -0.3 is 15.0 Å². The number of carbonyl (C=O) groups excluding carboxylic acids is 2. The van der Waals surface area contributed by atoms with Crippen molar-refractivity contribution in [2.24, 2.45) is 0 Å². The Bertz CT molecular complexity index is 796. The summed E-state index contributed by atoms with van der Waals surface area (Å²) in [6.07, 6.45) is 0.820. The lowest BCUT2D eigenvalue weighted by Gasteiger charge is -2.28. The normalized spacial score (nSPS) is 11.6. The van der Waals surface area contributed by atoms with E-state index in [1.54, 1.807) is 43.3 Å². The number of benzene rings is 2. The Kier molecular flexibility index (Phi) is 8.61. The molecule has 0 aliphatic heterocycles. The van der Waals surface area contributed by atoms with Gasteiger partial charge in [0.05, 0.1) is 0 Å². The molecule has 1 N–H and O–H groups in total. The molecule has 2 aromatic carbocycles. The Balaban J connectivity index is 2.12. The Labute approximate surface area is 175 Å². The van der Waals surface area contributed by atoms with Crippen LogP contribution in [0.5, 0.6) is 5.75 Å². The Hall–Kier alpha value is -2.24. The number of halogens is 2. The number of ether oxygens (including phenoxy) is 1. The minimum absolute atomic E-state index is 0.187. The highest BCUT2D eigenvalue weighted by molar-refractivity contribution is 6.30. The molecule has 150 valence electrons. The third-order valence-electron chi connectivity index (χ3n) is 4.13. The van der Waals surface area contributed by atoms with E-state index in [1.165, 1.54) is 4.90 Å². The molecule has 0 unspecified atom stereocenters. The van der Waals surface area contributed by atoms with Crippen LogP contribution in [-0.2, 0) is 16.1 Å². The van der Waals surface area contributed by atoms with Gasteiger partial charge in [0.1, 0.15) is 11.8 Å². The lowest BCUT2D eigenvalue weighted by molar-refractivity contribution is -0.142. The van der Waals surface area contributed by atoms with Crippen LogP contribution < -0.4 is 10.1 Å². The van der Waals surface area contributed by atoms with Crippen LogP contribution in [0, 0.1) is 0 Å². The van der Waals surface area contributed by atoms with E-state index in [-0.39, 0.29) is 25.0 Å². The van der Waals surface area contributed by atoms with Crippen molar-refractivity contribution in [3.05, 3.63) is 64.1 Å². The van der Waals surface area contributed by atoms with Gasteiger partial charge in [-0.15, -0.1) is 0 Å². The lowest BCUT2D eigenvalue weighted by Crippen LogP contribution is -2.49. The minimum Gasteiger partial charge on any atom is -0.484 e. The summed E-state index contributed by atoms with van der Waals surface area (Å²) in [7, 11) is 0. The van der Waals surface area contributed by atoms with Gasteiger partial charge in [-0.2, -0.15) is 0 Å². The van der Waals surface area contributed by atoms with Crippen LogP contribution in [0.3, 0.4) is 0 Å². The van der Waals surface area contributed by atoms with Crippen molar-refractivity contribution < 1.29 is 14.3 Å². The van der Waals surface area contributed by atoms with Gasteiger partial charge in [0, 0.05) is 23.1 Å². The third kappa shape index (κ3) is 6.73. The predicted molar refractivity (Wildman–Crippen MR) is 112 cm³/mol. The van der Waals surface area contributed by atoms with Crippen molar-refractivity contribution in [3.63, 3.8) is 0 Å². The highest BCUT2D eigenvalue weighted by Crippen LogP contribution is 2.17. The summed E-state index contributed by atoms with van der Waals surface area (Å²) < 4.78 is 5.57. The number of carbonyl (C=O) groups is 2. The van der Waals surface area contributed by atoms with E-state index in [2.05, 4.69) is 5.32 Å². The molecule has 0 spiro atoms. The maximum atomic E-state index is 12.9. The molecule has 0 bridgehead atoms. The summed E-state index contributed by atoms with van der Waals surface area (Å²) in [5.41, 5.74) is 0.836.